The van der Waals surface area contributed by atoms with Crippen molar-refractivity contribution in [1.82, 2.24) is 4.57 Å². The Bertz CT molecular complexity index is 1040. The minimum atomic E-state index is -0.289. The van der Waals surface area contributed by atoms with Crippen LogP contribution in [-0.2, 0) is 7.05 Å². The van der Waals surface area contributed by atoms with Gasteiger partial charge in [0.1, 0.15) is 11.4 Å². The Labute approximate surface area is 147 Å². The third-order valence-electron chi connectivity index (χ3n) is 4.98. The van der Waals surface area contributed by atoms with Crippen LogP contribution in [-0.4, -0.2) is 24.4 Å². The van der Waals surface area contributed by atoms with Gasteiger partial charge in [-0.1, -0.05) is 0 Å². The minimum absolute atomic E-state index is 0.289. The summed E-state index contributed by atoms with van der Waals surface area (Å²) in [6, 6.07) is 6.30. The lowest BCUT2D eigenvalue weighted by molar-refractivity contribution is 0.158. The Hall–Kier alpha value is -2.62. The molecule has 4 rings (SSSR count). The van der Waals surface area contributed by atoms with Crippen LogP contribution < -0.4 is 14.2 Å². The molecule has 4 heteroatoms. The molecule has 2 aromatic carbocycles. The molecule has 0 saturated carbocycles. The number of hydrogen-bond acceptors (Lipinski definition) is 3. The number of aryl methyl sites for hydroxylation is 2. The largest absolute Gasteiger partial charge is 0.493 e. The van der Waals surface area contributed by atoms with Gasteiger partial charge < -0.3 is 18.8 Å². The van der Waals surface area contributed by atoms with Gasteiger partial charge >= 0.3 is 0 Å². The molecule has 1 aliphatic rings. The average Bonchev–Trinajstić information content (AvgIpc) is 2.85. The minimum Gasteiger partial charge on any atom is -0.493 e. The molecule has 0 N–H and O–H groups in total. The Balaban J connectivity index is 2.14. The molecule has 0 unspecified atom stereocenters. The van der Waals surface area contributed by atoms with Gasteiger partial charge in [0.05, 0.1) is 25.3 Å². The Morgan fingerprint density at radius 3 is 2.36 bits per heavy atom. The van der Waals surface area contributed by atoms with Crippen molar-refractivity contribution in [3.63, 3.8) is 0 Å². The first kappa shape index (κ1) is 15.9. The molecule has 130 valence electrons. The molecule has 2 heterocycles. The number of hydrogen-bond donors (Lipinski definition) is 0. The number of methoxy groups -OCH3 is 2. The van der Waals surface area contributed by atoms with Crippen LogP contribution in [0.5, 0.6) is 17.2 Å². The zero-order valence-electron chi connectivity index (χ0n) is 15.6. The topological polar surface area (TPSA) is 32.6 Å². The van der Waals surface area contributed by atoms with Crippen LogP contribution >= 0.6 is 0 Å². The molecule has 0 saturated heterocycles. The van der Waals surface area contributed by atoms with Crippen molar-refractivity contribution in [3.05, 3.63) is 35.4 Å². The zero-order valence-corrected chi connectivity index (χ0v) is 15.6. The van der Waals surface area contributed by atoms with Crippen LogP contribution in [0.25, 0.3) is 27.9 Å². The highest BCUT2D eigenvalue weighted by atomic mass is 16.5. The van der Waals surface area contributed by atoms with E-state index in [-0.39, 0.29) is 5.60 Å². The van der Waals surface area contributed by atoms with Crippen LogP contribution in [0, 0.1) is 6.92 Å². The average molecular weight is 337 g/mol. The van der Waals surface area contributed by atoms with E-state index in [0.717, 1.165) is 44.8 Å². The fraction of sp³-hybridized carbons (Fsp3) is 0.333. The van der Waals surface area contributed by atoms with Gasteiger partial charge in [-0.25, -0.2) is 0 Å². The molecule has 0 spiro atoms. The lowest BCUT2D eigenvalue weighted by atomic mass is 9.97. The van der Waals surface area contributed by atoms with Gasteiger partial charge in [-0.2, -0.15) is 0 Å². The van der Waals surface area contributed by atoms with Crippen molar-refractivity contribution < 1.29 is 14.2 Å². The summed E-state index contributed by atoms with van der Waals surface area (Å²) in [5.41, 5.74) is 4.26. The smallest absolute Gasteiger partial charge is 0.162 e. The summed E-state index contributed by atoms with van der Waals surface area (Å²) < 4.78 is 19.4. The van der Waals surface area contributed by atoms with E-state index in [4.69, 9.17) is 14.2 Å². The van der Waals surface area contributed by atoms with Gasteiger partial charge in [-0.05, 0) is 50.6 Å². The highest BCUT2D eigenvalue weighted by Gasteiger charge is 2.26. The zero-order chi connectivity index (χ0) is 17.9. The standard InChI is InChI=1S/C21H23NO3/c1-12-9-15-14-10-17(23-5)18(24-6)11-16(14)22(4)19(15)13-7-8-21(2,3)25-20(12)13/h7-11H,1-6H3. The third kappa shape index (κ3) is 2.20. The molecule has 0 radical (unpaired) electrons. The fourth-order valence-corrected chi connectivity index (χ4v) is 3.74. The number of ether oxygens (including phenoxy) is 3. The lowest BCUT2D eigenvalue weighted by Gasteiger charge is -2.29. The molecule has 0 bridgehead atoms. The van der Waals surface area contributed by atoms with Crippen LogP contribution in [0.2, 0.25) is 0 Å². The van der Waals surface area contributed by atoms with E-state index in [1.54, 1.807) is 14.2 Å². The van der Waals surface area contributed by atoms with E-state index in [0.29, 0.717) is 0 Å². The van der Waals surface area contributed by atoms with Crippen molar-refractivity contribution in [1.29, 1.82) is 0 Å². The molecular weight excluding hydrogens is 314 g/mol. The molecule has 0 amide bonds. The second-order valence-corrected chi connectivity index (χ2v) is 7.15. The quantitative estimate of drug-likeness (QED) is 0.671. The van der Waals surface area contributed by atoms with Gasteiger partial charge in [0.15, 0.2) is 11.5 Å². The number of rotatable bonds is 2. The fourth-order valence-electron chi connectivity index (χ4n) is 3.74. The van der Waals surface area contributed by atoms with Crippen molar-refractivity contribution >= 4 is 27.9 Å². The molecular formula is C21H23NO3. The molecule has 0 atom stereocenters. The van der Waals surface area contributed by atoms with Crippen LogP contribution in [0.3, 0.4) is 0 Å². The van der Waals surface area contributed by atoms with Gasteiger partial charge in [0.2, 0.25) is 0 Å². The Morgan fingerprint density at radius 1 is 1.00 bits per heavy atom. The van der Waals surface area contributed by atoms with Crippen molar-refractivity contribution in [2.75, 3.05) is 14.2 Å². The molecule has 1 aromatic heterocycles. The summed E-state index contributed by atoms with van der Waals surface area (Å²) in [4.78, 5) is 0. The summed E-state index contributed by atoms with van der Waals surface area (Å²) in [5, 5.41) is 2.35. The molecule has 4 nitrogen and oxygen atoms in total. The molecule has 1 aliphatic heterocycles. The Kier molecular flexibility index (Phi) is 3.29. The predicted octanol–water partition coefficient (Wildman–Crippen LogP) is 4.84. The van der Waals surface area contributed by atoms with Gasteiger partial charge in [-0.3, -0.25) is 0 Å². The second kappa shape index (κ2) is 5.19. The summed E-state index contributed by atoms with van der Waals surface area (Å²) in [7, 11) is 5.41. The van der Waals surface area contributed by atoms with Crippen molar-refractivity contribution in [3.8, 4) is 17.2 Å². The maximum absolute atomic E-state index is 6.25. The van der Waals surface area contributed by atoms with E-state index in [1.165, 1.54) is 5.39 Å². The highest BCUT2D eigenvalue weighted by Crippen LogP contribution is 2.44. The maximum Gasteiger partial charge on any atom is 0.162 e. The summed E-state index contributed by atoms with van der Waals surface area (Å²) in [6.07, 6.45) is 4.30. The highest BCUT2D eigenvalue weighted by molar-refractivity contribution is 6.12. The maximum atomic E-state index is 6.25. The summed E-state index contributed by atoms with van der Waals surface area (Å²) >= 11 is 0. The van der Waals surface area contributed by atoms with Gasteiger partial charge in [-0.15, -0.1) is 0 Å². The molecule has 3 aromatic rings. The molecule has 25 heavy (non-hydrogen) atoms. The SMILES string of the molecule is COc1cc2c3cc(C)c4c(c3n(C)c2cc1OC)C=CC(C)(C)O4. The monoisotopic (exact) mass is 337 g/mol. The molecule has 0 aliphatic carbocycles. The second-order valence-electron chi connectivity index (χ2n) is 7.15. The van der Waals surface area contributed by atoms with Gasteiger partial charge in [0, 0.05) is 29.4 Å². The number of benzene rings is 2. The number of nitrogens with zero attached hydrogens (tertiary/aromatic N) is 1. The first-order valence-corrected chi connectivity index (χ1v) is 8.42. The first-order valence-electron chi connectivity index (χ1n) is 8.42. The first-order chi connectivity index (χ1) is 11.9. The van der Waals surface area contributed by atoms with Crippen LogP contribution in [0.4, 0.5) is 0 Å². The lowest BCUT2D eigenvalue weighted by Crippen LogP contribution is -2.28. The predicted molar refractivity (Wildman–Crippen MR) is 102 cm³/mol. The summed E-state index contributed by atoms with van der Waals surface area (Å²) in [6.45, 7) is 6.26. The number of fused-ring (bicyclic) bond motifs is 5. The van der Waals surface area contributed by atoms with Crippen LogP contribution in [0.1, 0.15) is 25.0 Å². The van der Waals surface area contributed by atoms with E-state index in [9.17, 15) is 0 Å². The summed E-state index contributed by atoms with van der Waals surface area (Å²) in [5.74, 6) is 2.44. The van der Waals surface area contributed by atoms with E-state index in [2.05, 4.69) is 56.7 Å². The Morgan fingerprint density at radius 2 is 1.68 bits per heavy atom. The number of aromatic nitrogens is 1. The molecule has 0 fully saturated rings. The van der Waals surface area contributed by atoms with E-state index < -0.39 is 0 Å². The normalized spacial score (nSPS) is 15.3. The van der Waals surface area contributed by atoms with E-state index in [1.807, 2.05) is 6.07 Å². The van der Waals surface area contributed by atoms with E-state index >= 15 is 0 Å². The van der Waals surface area contributed by atoms with Crippen molar-refractivity contribution in [2.45, 2.75) is 26.4 Å². The van der Waals surface area contributed by atoms with Crippen LogP contribution in [0.15, 0.2) is 24.3 Å². The van der Waals surface area contributed by atoms with Gasteiger partial charge in [0.25, 0.3) is 0 Å². The third-order valence-corrected chi connectivity index (χ3v) is 4.98. The van der Waals surface area contributed by atoms with Crippen molar-refractivity contribution in [2.24, 2.45) is 7.05 Å².